The molecule has 0 fully saturated rings. The van der Waals surface area contributed by atoms with E-state index in [0.717, 1.165) is 6.54 Å². The monoisotopic (exact) mass is 215 g/mol. The van der Waals surface area contributed by atoms with Gasteiger partial charge in [0.05, 0.1) is 0 Å². The molecule has 0 amide bonds. The van der Waals surface area contributed by atoms with Crippen molar-refractivity contribution in [3.8, 4) is 0 Å². The topological polar surface area (TPSA) is 43.1 Å². The molecular weight excluding hydrogens is 186 g/mol. The summed E-state index contributed by atoms with van der Waals surface area (Å²) in [5.74, 6) is 0.363. The molecule has 0 aromatic heterocycles. The van der Waals surface area contributed by atoms with E-state index in [1.54, 1.807) is 0 Å². The van der Waals surface area contributed by atoms with E-state index in [9.17, 15) is 4.79 Å². The number of hydrogen-bond acceptors (Lipinski definition) is 2. The molecule has 92 valence electrons. The summed E-state index contributed by atoms with van der Waals surface area (Å²) in [6.07, 6.45) is 1.39. The summed E-state index contributed by atoms with van der Waals surface area (Å²) in [5.41, 5.74) is 5.80. The van der Waals surface area contributed by atoms with E-state index < -0.39 is 0 Å². The van der Waals surface area contributed by atoms with Crippen molar-refractivity contribution >= 4 is 5.78 Å². The molecule has 0 aliphatic rings. The Morgan fingerprint density at radius 2 is 1.33 bits per heavy atom. The molecule has 0 spiro atoms. The Hall–Kier alpha value is -0.370. The van der Waals surface area contributed by atoms with Crippen LogP contribution in [-0.4, -0.2) is 12.3 Å². The van der Waals surface area contributed by atoms with Gasteiger partial charge in [0.25, 0.3) is 0 Å². The van der Waals surface area contributed by atoms with Crippen molar-refractivity contribution in [2.75, 3.05) is 6.54 Å². The summed E-state index contributed by atoms with van der Waals surface area (Å²) in [4.78, 5) is 10.8. The fourth-order valence-corrected chi connectivity index (χ4v) is 0.717. The molecule has 2 nitrogen and oxygen atoms in total. The molecule has 0 bridgehead atoms. The van der Waals surface area contributed by atoms with E-state index in [4.69, 9.17) is 5.73 Å². The number of rotatable bonds is 2. The Labute approximate surface area is 95.6 Å². The average molecular weight is 215 g/mol. The highest BCUT2D eigenvalue weighted by Crippen LogP contribution is 2.19. The predicted molar refractivity (Wildman–Crippen MR) is 67.9 cm³/mol. The fourth-order valence-electron chi connectivity index (χ4n) is 0.717. The molecule has 0 saturated heterocycles. The molecular formula is C13H29NO. The van der Waals surface area contributed by atoms with Crippen LogP contribution in [0.15, 0.2) is 0 Å². The number of carbonyl (C=O) groups is 1. The van der Waals surface area contributed by atoms with Crippen LogP contribution in [0, 0.1) is 10.8 Å². The van der Waals surface area contributed by atoms with Gasteiger partial charge in [0.1, 0.15) is 5.78 Å². The van der Waals surface area contributed by atoms with Crippen LogP contribution in [0.3, 0.4) is 0 Å². The molecule has 15 heavy (non-hydrogen) atoms. The first-order valence-corrected chi connectivity index (χ1v) is 5.73. The van der Waals surface area contributed by atoms with Gasteiger partial charge in [0, 0.05) is 12.8 Å². The largest absolute Gasteiger partial charge is 0.330 e. The van der Waals surface area contributed by atoms with E-state index in [0.29, 0.717) is 24.0 Å². The molecule has 0 rings (SSSR count). The van der Waals surface area contributed by atoms with Crippen LogP contribution >= 0.6 is 0 Å². The Morgan fingerprint density at radius 3 is 1.40 bits per heavy atom. The van der Waals surface area contributed by atoms with Crippen molar-refractivity contribution in [1.29, 1.82) is 0 Å². The minimum atomic E-state index is 0.174. The fraction of sp³-hybridized carbons (Fsp3) is 0.923. The smallest absolute Gasteiger partial charge is 0.133 e. The third-order valence-electron chi connectivity index (χ3n) is 1.73. The summed E-state index contributed by atoms with van der Waals surface area (Å²) in [6, 6.07) is 0. The third-order valence-corrected chi connectivity index (χ3v) is 1.73. The first kappa shape index (κ1) is 17.0. The van der Waals surface area contributed by atoms with Crippen molar-refractivity contribution in [1.82, 2.24) is 0 Å². The summed E-state index contributed by atoms with van der Waals surface area (Å²) >= 11 is 0. The second-order valence-electron chi connectivity index (χ2n) is 6.39. The lowest BCUT2D eigenvalue weighted by atomic mass is 9.89. The summed E-state index contributed by atoms with van der Waals surface area (Å²) in [7, 11) is 0. The van der Waals surface area contributed by atoms with Gasteiger partial charge in [-0.1, -0.05) is 48.5 Å². The van der Waals surface area contributed by atoms with Crippen molar-refractivity contribution in [3.05, 3.63) is 0 Å². The maximum absolute atomic E-state index is 10.8. The number of nitrogens with two attached hydrogens (primary N) is 1. The third kappa shape index (κ3) is 19.9. The van der Waals surface area contributed by atoms with Gasteiger partial charge in [0.2, 0.25) is 0 Å². The van der Waals surface area contributed by atoms with E-state index in [1.807, 2.05) is 6.92 Å². The molecule has 0 aliphatic heterocycles. The highest BCUT2D eigenvalue weighted by Gasteiger charge is 2.13. The lowest BCUT2D eigenvalue weighted by molar-refractivity contribution is -0.120. The molecule has 2 heteroatoms. The lowest BCUT2D eigenvalue weighted by Gasteiger charge is -2.15. The zero-order valence-electron chi connectivity index (χ0n) is 11.6. The van der Waals surface area contributed by atoms with Gasteiger partial charge in [-0.05, 0) is 17.4 Å². The minimum Gasteiger partial charge on any atom is -0.330 e. The van der Waals surface area contributed by atoms with E-state index in [1.165, 1.54) is 0 Å². The van der Waals surface area contributed by atoms with Gasteiger partial charge in [-0.25, -0.2) is 0 Å². The highest BCUT2D eigenvalue weighted by molar-refractivity contribution is 5.78. The minimum absolute atomic E-state index is 0.174. The first-order valence-electron chi connectivity index (χ1n) is 5.73. The SMILES string of the molecule is CC(C)(C)CN.CCC(=O)CC(C)(C)C. The Morgan fingerprint density at radius 1 is 1.00 bits per heavy atom. The number of Topliss-reactive ketones (excluding diaryl/α,β-unsaturated/α-hetero) is 1. The first-order chi connectivity index (χ1) is 6.52. The zero-order chi connectivity index (χ0) is 12.7. The summed E-state index contributed by atoms with van der Waals surface area (Å²) in [5, 5.41) is 0. The highest BCUT2D eigenvalue weighted by atomic mass is 16.1. The van der Waals surface area contributed by atoms with Crippen molar-refractivity contribution in [3.63, 3.8) is 0 Å². The Kier molecular flexibility index (Phi) is 7.95. The Balaban J connectivity index is 0. The van der Waals surface area contributed by atoms with Crippen LogP contribution in [-0.2, 0) is 4.79 Å². The van der Waals surface area contributed by atoms with Gasteiger partial charge >= 0.3 is 0 Å². The van der Waals surface area contributed by atoms with E-state index in [-0.39, 0.29) is 5.41 Å². The van der Waals surface area contributed by atoms with Crippen LogP contribution in [0.4, 0.5) is 0 Å². The average Bonchev–Trinajstić information content (AvgIpc) is 2.01. The number of carbonyl (C=O) groups excluding carboxylic acids is 1. The lowest BCUT2D eigenvalue weighted by Crippen LogP contribution is -2.18. The van der Waals surface area contributed by atoms with Gasteiger partial charge in [-0.2, -0.15) is 0 Å². The standard InChI is InChI=1S/C8H16O.C5H13N/c1-5-7(9)6-8(2,3)4;1-5(2,3)4-6/h5-6H2,1-4H3;4,6H2,1-3H3. The molecule has 0 aromatic carbocycles. The van der Waals surface area contributed by atoms with E-state index >= 15 is 0 Å². The van der Waals surface area contributed by atoms with E-state index in [2.05, 4.69) is 41.5 Å². The second kappa shape index (κ2) is 7.00. The summed E-state index contributed by atoms with van der Waals surface area (Å²) < 4.78 is 0. The number of ketones is 1. The van der Waals surface area contributed by atoms with Crippen LogP contribution < -0.4 is 5.73 Å². The quantitative estimate of drug-likeness (QED) is 0.767. The maximum Gasteiger partial charge on any atom is 0.133 e. The summed E-state index contributed by atoms with van der Waals surface area (Å²) in [6.45, 7) is 15.3. The molecule has 0 saturated carbocycles. The molecule has 0 radical (unpaired) electrons. The van der Waals surface area contributed by atoms with Crippen molar-refractivity contribution in [2.45, 2.75) is 61.3 Å². The van der Waals surface area contributed by atoms with Crippen LogP contribution in [0.1, 0.15) is 61.3 Å². The van der Waals surface area contributed by atoms with Gasteiger partial charge in [-0.15, -0.1) is 0 Å². The van der Waals surface area contributed by atoms with Crippen molar-refractivity contribution in [2.24, 2.45) is 16.6 Å². The molecule has 0 aliphatic carbocycles. The van der Waals surface area contributed by atoms with Crippen molar-refractivity contribution < 1.29 is 4.79 Å². The van der Waals surface area contributed by atoms with Crippen LogP contribution in [0.2, 0.25) is 0 Å². The molecule has 0 aromatic rings. The normalized spacial score (nSPS) is 11.7. The van der Waals surface area contributed by atoms with Gasteiger partial charge in [0.15, 0.2) is 0 Å². The van der Waals surface area contributed by atoms with Crippen LogP contribution in [0.5, 0.6) is 0 Å². The molecule has 0 heterocycles. The Bertz CT molecular complexity index is 172. The molecule has 2 N–H and O–H groups in total. The molecule has 0 atom stereocenters. The second-order valence-corrected chi connectivity index (χ2v) is 6.39. The van der Waals surface area contributed by atoms with Gasteiger partial charge < -0.3 is 5.73 Å². The van der Waals surface area contributed by atoms with Gasteiger partial charge in [-0.3, -0.25) is 4.79 Å². The predicted octanol–water partition coefficient (Wildman–Crippen LogP) is 3.39. The molecule has 0 unspecified atom stereocenters. The van der Waals surface area contributed by atoms with Crippen LogP contribution in [0.25, 0.3) is 0 Å². The zero-order valence-corrected chi connectivity index (χ0v) is 11.6. The maximum atomic E-state index is 10.8. The number of hydrogen-bond donors (Lipinski definition) is 1.